The number of hydrogen-bond donors (Lipinski definition) is 0. The van der Waals surface area contributed by atoms with E-state index in [1.165, 1.54) is 5.56 Å². The van der Waals surface area contributed by atoms with E-state index in [4.69, 9.17) is 9.72 Å². The van der Waals surface area contributed by atoms with E-state index in [0.717, 1.165) is 30.6 Å². The number of nitrogens with zero attached hydrogens (tertiary/aromatic N) is 3. The Balaban J connectivity index is 1.26. The fourth-order valence-corrected chi connectivity index (χ4v) is 5.57. The highest BCUT2D eigenvalue weighted by Gasteiger charge is 2.61. The summed E-state index contributed by atoms with van der Waals surface area (Å²) in [5.41, 5.74) is 1.72. The van der Waals surface area contributed by atoms with Crippen molar-refractivity contribution in [2.45, 2.75) is 64.4 Å². The van der Waals surface area contributed by atoms with Crippen molar-refractivity contribution in [3.05, 3.63) is 35.9 Å². The summed E-state index contributed by atoms with van der Waals surface area (Å²) in [6, 6.07) is 4.15. The third kappa shape index (κ3) is 3.12. The number of Topliss-reactive ketones (excluding diaryl/α,β-unsaturated/α-hetero) is 1. The van der Waals surface area contributed by atoms with Crippen molar-refractivity contribution in [2.24, 2.45) is 17.8 Å². The number of ketones is 1. The van der Waals surface area contributed by atoms with Crippen LogP contribution in [-0.4, -0.2) is 44.9 Å². The number of imidazole rings is 1. The van der Waals surface area contributed by atoms with E-state index in [2.05, 4.69) is 29.7 Å². The Morgan fingerprint density at radius 1 is 1.23 bits per heavy atom. The smallest absolute Gasteiger partial charge is 0.410 e. The third-order valence-corrected chi connectivity index (χ3v) is 7.30. The van der Waals surface area contributed by atoms with Crippen molar-refractivity contribution in [2.75, 3.05) is 13.1 Å². The minimum Gasteiger partial charge on any atom is -0.444 e. The normalized spacial score (nSPS) is 26.9. The van der Waals surface area contributed by atoms with Crippen molar-refractivity contribution in [1.82, 2.24) is 14.3 Å². The van der Waals surface area contributed by atoms with E-state index in [9.17, 15) is 9.59 Å². The van der Waals surface area contributed by atoms with Crippen LogP contribution in [0.25, 0.3) is 5.52 Å². The number of rotatable bonds is 4. The topological polar surface area (TPSA) is 63.9 Å². The molecule has 0 bridgehead atoms. The molecule has 160 valence electrons. The molecule has 3 fully saturated rings. The first-order valence-electron chi connectivity index (χ1n) is 11.1. The van der Waals surface area contributed by atoms with Crippen molar-refractivity contribution in [3.63, 3.8) is 0 Å². The lowest BCUT2D eigenvalue weighted by molar-refractivity contribution is -0.123. The van der Waals surface area contributed by atoms with Gasteiger partial charge in [0.2, 0.25) is 0 Å². The Hall–Kier alpha value is -2.37. The van der Waals surface area contributed by atoms with Gasteiger partial charge in [0.05, 0.1) is 11.7 Å². The lowest BCUT2D eigenvalue weighted by Gasteiger charge is -2.40. The minimum absolute atomic E-state index is 0.106. The van der Waals surface area contributed by atoms with E-state index in [0.29, 0.717) is 37.1 Å². The van der Waals surface area contributed by atoms with E-state index in [1.807, 2.05) is 27.0 Å². The molecule has 2 aromatic heterocycles. The molecule has 0 spiro atoms. The Kier molecular flexibility index (Phi) is 4.28. The summed E-state index contributed by atoms with van der Waals surface area (Å²) in [5.74, 6) is 2.12. The third-order valence-electron chi connectivity index (χ3n) is 7.30. The van der Waals surface area contributed by atoms with E-state index in [1.54, 1.807) is 4.90 Å². The van der Waals surface area contributed by atoms with Crippen LogP contribution in [0.1, 0.15) is 57.8 Å². The van der Waals surface area contributed by atoms with Gasteiger partial charge in [0.25, 0.3) is 0 Å². The number of aromatic nitrogens is 2. The molecule has 1 aliphatic heterocycles. The fraction of sp³-hybridized carbons (Fsp3) is 0.625. The SMILES string of the molecule is Cc1cccn2c(C3(CC(=O)C4[C@H]5CN(C(=O)OC(C)(C)C)C[C@@H]45)CCC3)ncc12. The Labute approximate surface area is 177 Å². The first-order valence-corrected chi connectivity index (χ1v) is 11.1. The molecule has 6 heteroatoms. The van der Waals surface area contributed by atoms with Gasteiger partial charge in [-0.15, -0.1) is 0 Å². The van der Waals surface area contributed by atoms with Gasteiger partial charge < -0.3 is 14.0 Å². The number of fused-ring (bicyclic) bond motifs is 2. The summed E-state index contributed by atoms with van der Waals surface area (Å²) < 4.78 is 7.66. The van der Waals surface area contributed by atoms with Crippen molar-refractivity contribution in [1.29, 1.82) is 0 Å². The summed E-state index contributed by atoms with van der Waals surface area (Å²) >= 11 is 0. The predicted octanol–water partition coefficient (Wildman–Crippen LogP) is 4.14. The zero-order valence-electron chi connectivity index (χ0n) is 18.4. The van der Waals surface area contributed by atoms with E-state index < -0.39 is 5.60 Å². The van der Waals surface area contributed by atoms with Crippen LogP contribution in [0, 0.1) is 24.7 Å². The van der Waals surface area contributed by atoms with Gasteiger partial charge in [-0.1, -0.05) is 12.5 Å². The van der Waals surface area contributed by atoms with Crippen LogP contribution in [-0.2, 0) is 14.9 Å². The number of hydrogen-bond acceptors (Lipinski definition) is 4. The second-order valence-electron chi connectivity index (χ2n) is 10.5. The van der Waals surface area contributed by atoms with Gasteiger partial charge in [-0.2, -0.15) is 0 Å². The van der Waals surface area contributed by atoms with Gasteiger partial charge >= 0.3 is 6.09 Å². The van der Waals surface area contributed by atoms with Crippen LogP contribution in [0.3, 0.4) is 0 Å². The molecule has 5 rings (SSSR count). The van der Waals surface area contributed by atoms with Crippen LogP contribution in [0.2, 0.25) is 0 Å². The number of pyridine rings is 1. The first-order chi connectivity index (χ1) is 14.2. The monoisotopic (exact) mass is 409 g/mol. The molecule has 6 nitrogen and oxygen atoms in total. The molecule has 1 saturated heterocycles. The molecule has 30 heavy (non-hydrogen) atoms. The van der Waals surface area contributed by atoms with E-state index >= 15 is 0 Å². The number of amides is 1. The number of aryl methyl sites for hydroxylation is 1. The highest BCUT2D eigenvalue weighted by molar-refractivity contribution is 5.86. The zero-order valence-corrected chi connectivity index (χ0v) is 18.4. The largest absolute Gasteiger partial charge is 0.444 e. The van der Waals surface area contributed by atoms with Crippen molar-refractivity contribution < 1.29 is 14.3 Å². The van der Waals surface area contributed by atoms with Crippen LogP contribution in [0.5, 0.6) is 0 Å². The maximum Gasteiger partial charge on any atom is 0.410 e. The molecule has 2 aliphatic carbocycles. The lowest BCUT2D eigenvalue weighted by Crippen LogP contribution is -2.40. The van der Waals surface area contributed by atoms with Gasteiger partial charge in [0.1, 0.15) is 17.2 Å². The lowest BCUT2D eigenvalue weighted by atomic mass is 9.64. The molecule has 3 aliphatic rings. The molecule has 3 heterocycles. The molecule has 0 aromatic carbocycles. The Morgan fingerprint density at radius 3 is 2.53 bits per heavy atom. The summed E-state index contributed by atoms with van der Waals surface area (Å²) in [7, 11) is 0. The van der Waals surface area contributed by atoms with Gasteiger partial charge in [0, 0.05) is 37.0 Å². The number of piperidine rings is 1. The number of ether oxygens (including phenoxy) is 1. The minimum atomic E-state index is -0.485. The van der Waals surface area contributed by atoms with Crippen LogP contribution in [0.15, 0.2) is 24.5 Å². The number of likely N-dealkylation sites (tertiary alicyclic amines) is 1. The summed E-state index contributed by atoms with van der Waals surface area (Å²) in [5, 5.41) is 0. The maximum absolute atomic E-state index is 13.3. The number of carbonyl (C=O) groups excluding carboxylic acids is 2. The maximum atomic E-state index is 13.3. The molecule has 0 radical (unpaired) electrons. The second-order valence-corrected chi connectivity index (χ2v) is 10.5. The molecule has 0 N–H and O–H groups in total. The first kappa shape index (κ1) is 19.6. The van der Waals surface area contributed by atoms with E-state index in [-0.39, 0.29) is 17.4 Å². The van der Waals surface area contributed by atoms with Gasteiger partial charge in [0.15, 0.2) is 0 Å². The Morgan fingerprint density at radius 2 is 1.93 bits per heavy atom. The average molecular weight is 410 g/mol. The molecule has 1 amide bonds. The highest BCUT2D eigenvalue weighted by atomic mass is 16.6. The molecular weight excluding hydrogens is 378 g/mol. The van der Waals surface area contributed by atoms with Crippen molar-refractivity contribution in [3.8, 4) is 0 Å². The highest BCUT2D eigenvalue weighted by Crippen LogP contribution is 2.55. The van der Waals surface area contributed by atoms with Crippen LogP contribution in [0.4, 0.5) is 4.79 Å². The standard InChI is InChI=1S/C24H31N3O3/c1-15-7-5-10-27-18(15)12-25-21(27)24(8-6-9-24)11-19(28)20-16-13-26(14-17(16)20)22(29)30-23(2,3)4/h5,7,10,12,16-17,20H,6,8-9,11,13-14H2,1-4H3/t16-,17+,20?. The summed E-state index contributed by atoms with van der Waals surface area (Å²) in [6.45, 7) is 9.04. The molecule has 1 unspecified atom stereocenters. The fourth-order valence-electron chi connectivity index (χ4n) is 5.57. The molecule has 3 atom stereocenters. The average Bonchev–Trinajstić information content (AvgIpc) is 2.98. The molecule has 2 saturated carbocycles. The quantitative estimate of drug-likeness (QED) is 0.761. The Bertz CT molecular complexity index is 1000. The molecule has 2 aromatic rings. The van der Waals surface area contributed by atoms with Crippen molar-refractivity contribution >= 4 is 17.4 Å². The molecular formula is C24H31N3O3. The second kappa shape index (κ2) is 6.56. The predicted molar refractivity (Wildman–Crippen MR) is 113 cm³/mol. The number of carbonyl (C=O) groups is 2. The zero-order chi connectivity index (χ0) is 21.3. The van der Waals surface area contributed by atoms with Gasteiger partial charge in [-0.3, -0.25) is 4.79 Å². The summed E-state index contributed by atoms with van der Waals surface area (Å²) in [4.78, 5) is 32.1. The summed E-state index contributed by atoms with van der Waals surface area (Å²) in [6.07, 6.45) is 7.54. The van der Waals surface area contributed by atoms with Gasteiger partial charge in [-0.25, -0.2) is 9.78 Å². The van der Waals surface area contributed by atoms with Crippen LogP contribution >= 0.6 is 0 Å². The van der Waals surface area contributed by atoms with Gasteiger partial charge in [-0.05, 0) is 64.0 Å². The van der Waals surface area contributed by atoms with Crippen LogP contribution < -0.4 is 0 Å².